The van der Waals surface area contributed by atoms with E-state index in [0.29, 0.717) is 16.9 Å². The van der Waals surface area contributed by atoms with Crippen LogP contribution >= 0.6 is 0 Å². The van der Waals surface area contributed by atoms with Gasteiger partial charge in [0, 0.05) is 31.0 Å². The van der Waals surface area contributed by atoms with Crippen LogP contribution in [0.15, 0.2) is 67.1 Å². The van der Waals surface area contributed by atoms with Crippen molar-refractivity contribution < 1.29 is 9.59 Å². The van der Waals surface area contributed by atoms with Crippen LogP contribution in [-0.2, 0) is 0 Å². The third kappa shape index (κ3) is 3.58. The number of anilines is 1. The Bertz CT molecular complexity index is 901. The monoisotopic (exact) mass is 334 g/mol. The maximum Gasteiger partial charge on any atom is 0.274 e. The van der Waals surface area contributed by atoms with Crippen LogP contribution in [-0.4, -0.2) is 40.4 Å². The molecule has 0 saturated carbocycles. The second-order valence-corrected chi connectivity index (χ2v) is 5.72. The highest BCUT2D eigenvalue weighted by atomic mass is 16.2. The molecule has 126 valence electrons. The van der Waals surface area contributed by atoms with Crippen molar-refractivity contribution in [2.24, 2.45) is 0 Å². The van der Waals surface area contributed by atoms with Gasteiger partial charge in [-0.3, -0.25) is 14.2 Å². The van der Waals surface area contributed by atoms with Gasteiger partial charge in [0.25, 0.3) is 11.8 Å². The molecule has 0 atom stereocenters. The minimum atomic E-state index is -0.296. The Labute approximate surface area is 145 Å². The summed E-state index contributed by atoms with van der Waals surface area (Å²) in [5.41, 5.74) is 2.33. The summed E-state index contributed by atoms with van der Waals surface area (Å²) in [4.78, 5) is 30.2. The number of aromatic nitrogens is 2. The number of nitrogens with one attached hydrogen (secondary N) is 1. The van der Waals surface area contributed by atoms with E-state index in [1.165, 1.54) is 11.1 Å². The number of imidazole rings is 1. The van der Waals surface area contributed by atoms with E-state index in [0.717, 1.165) is 5.69 Å². The molecule has 1 heterocycles. The van der Waals surface area contributed by atoms with Crippen molar-refractivity contribution in [2.45, 2.75) is 0 Å². The molecule has 0 aliphatic rings. The minimum absolute atomic E-state index is 0.120. The summed E-state index contributed by atoms with van der Waals surface area (Å²) in [6, 6.07) is 16.3. The molecule has 0 saturated heterocycles. The average molecular weight is 334 g/mol. The van der Waals surface area contributed by atoms with Crippen molar-refractivity contribution in [1.29, 1.82) is 0 Å². The van der Waals surface area contributed by atoms with Crippen LogP contribution in [0.4, 0.5) is 5.69 Å². The van der Waals surface area contributed by atoms with Gasteiger partial charge >= 0.3 is 0 Å². The van der Waals surface area contributed by atoms with Crippen LogP contribution in [0, 0.1) is 0 Å². The molecule has 0 aliphatic heterocycles. The molecule has 0 spiro atoms. The van der Waals surface area contributed by atoms with E-state index in [9.17, 15) is 9.59 Å². The Morgan fingerprint density at radius 3 is 2.52 bits per heavy atom. The first kappa shape index (κ1) is 16.4. The number of carbonyl (C=O) groups excluding carboxylic acids is 2. The molecule has 6 nitrogen and oxygen atoms in total. The number of hydrogen-bond donors (Lipinski definition) is 1. The smallest absolute Gasteiger partial charge is 0.274 e. The number of carbonyl (C=O) groups is 2. The quantitative estimate of drug-likeness (QED) is 0.798. The van der Waals surface area contributed by atoms with Crippen molar-refractivity contribution in [3.05, 3.63) is 78.4 Å². The van der Waals surface area contributed by atoms with E-state index < -0.39 is 0 Å². The van der Waals surface area contributed by atoms with Crippen LogP contribution in [0.2, 0.25) is 0 Å². The normalized spacial score (nSPS) is 10.3. The number of hydrogen-bond acceptors (Lipinski definition) is 3. The molecular weight excluding hydrogens is 316 g/mol. The molecule has 1 N–H and O–H groups in total. The van der Waals surface area contributed by atoms with Gasteiger partial charge in [0.1, 0.15) is 5.69 Å². The third-order valence-electron chi connectivity index (χ3n) is 3.68. The average Bonchev–Trinajstić information content (AvgIpc) is 3.12. The Balaban J connectivity index is 1.84. The summed E-state index contributed by atoms with van der Waals surface area (Å²) in [5.74, 6) is -0.416. The zero-order valence-corrected chi connectivity index (χ0v) is 14.0. The Hall–Kier alpha value is -3.41. The Morgan fingerprint density at radius 1 is 1.04 bits per heavy atom. The molecule has 0 unspecified atom stereocenters. The van der Waals surface area contributed by atoms with Crippen LogP contribution < -0.4 is 5.32 Å². The van der Waals surface area contributed by atoms with Crippen molar-refractivity contribution in [2.75, 3.05) is 19.4 Å². The number of para-hydroxylation sites is 1. The van der Waals surface area contributed by atoms with Gasteiger partial charge in [0.15, 0.2) is 0 Å². The van der Waals surface area contributed by atoms with E-state index >= 15 is 0 Å². The number of rotatable bonds is 4. The fourth-order valence-corrected chi connectivity index (χ4v) is 2.44. The van der Waals surface area contributed by atoms with Gasteiger partial charge in [-0.1, -0.05) is 24.3 Å². The van der Waals surface area contributed by atoms with Gasteiger partial charge in [-0.2, -0.15) is 0 Å². The molecule has 3 aromatic rings. The van der Waals surface area contributed by atoms with Crippen molar-refractivity contribution in [3.8, 4) is 5.69 Å². The van der Waals surface area contributed by atoms with Crippen molar-refractivity contribution >= 4 is 17.5 Å². The first-order valence-electron chi connectivity index (χ1n) is 7.77. The van der Waals surface area contributed by atoms with Crippen LogP contribution in [0.25, 0.3) is 5.69 Å². The van der Waals surface area contributed by atoms with Crippen molar-refractivity contribution in [3.63, 3.8) is 0 Å². The summed E-state index contributed by atoms with van der Waals surface area (Å²) < 4.78 is 1.71. The molecule has 0 aliphatic carbocycles. The number of amides is 2. The summed E-state index contributed by atoms with van der Waals surface area (Å²) in [5, 5.41) is 2.82. The summed E-state index contributed by atoms with van der Waals surface area (Å²) in [7, 11) is 3.37. The zero-order chi connectivity index (χ0) is 17.8. The maximum atomic E-state index is 12.6. The second-order valence-electron chi connectivity index (χ2n) is 5.72. The highest BCUT2D eigenvalue weighted by Crippen LogP contribution is 2.15. The van der Waals surface area contributed by atoms with Crippen LogP contribution in [0.3, 0.4) is 0 Å². The Kier molecular flexibility index (Phi) is 4.61. The molecule has 3 rings (SSSR count). The molecule has 0 radical (unpaired) electrons. The van der Waals surface area contributed by atoms with Gasteiger partial charge in [0.05, 0.1) is 12.5 Å². The van der Waals surface area contributed by atoms with Crippen molar-refractivity contribution in [1.82, 2.24) is 14.5 Å². The molecule has 2 aromatic carbocycles. The lowest BCUT2D eigenvalue weighted by atomic mass is 10.2. The topological polar surface area (TPSA) is 67.2 Å². The first-order chi connectivity index (χ1) is 12.1. The van der Waals surface area contributed by atoms with Gasteiger partial charge in [0.2, 0.25) is 0 Å². The van der Waals surface area contributed by atoms with Gasteiger partial charge in [-0.05, 0) is 30.3 Å². The van der Waals surface area contributed by atoms with Gasteiger partial charge in [-0.25, -0.2) is 4.98 Å². The first-order valence-corrected chi connectivity index (χ1v) is 7.77. The van der Waals surface area contributed by atoms with Crippen LogP contribution in [0.5, 0.6) is 0 Å². The highest BCUT2D eigenvalue weighted by Gasteiger charge is 2.14. The number of benzene rings is 2. The lowest BCUT2D eigenvalue weighted by Gasteiger charge is -2.12. The minimum Gasteiger partial charge on any atom is -0.345 e. The fraction of sp³-hybridized carbons (Fsp3) is 0.105. The molecule has 6 heteroatoms. The molecule has 0 bridgehead atoms. The summed E-state index contributed by atoms with van der Waals surface area (Å²) in [6.07, 6.45) is 3.10. The lowest BCUT2D eigenvalue weighted by molar-refractivity contribution is 0.0827. The third-order valence-corrected chi connectivity index (χ3v) is 3.68. The Morgan fingerprint density at radius 2 is 1.80 bits per heavy atom. The van der Waals surface area contributed by atoms with Gasteiger partial charge < -0.3 is 10.2 Å². The summed E-state index contributed by atoms with van der Waals surface area (Å²) in [6.45, 7) is 0. The number of nitrogens with zero attached hydrogens (tertiary/aromatic N) is 3. The predicted octanol–water partition coefficient (Wildman–Crippen LogP) is 2.83. The van der Waals surface area contributed by atoms with Crippen LogP contribution in [0.1, 0.15) is 20.8 Å². The lowest BCUT2D eigenvalue weighted by Crippen LogP contribution is -2.22. The predicted molar refractivity (Wildman–Crippen MR) is 96.0 cm³/mol. The highest BCUT2D eigenvalue weighted by molar-refractivity contribution is 6.04. The maximum absolute atomic E-state index is 12.6. The fourth-order valence-electron chi connectivity index (χ4n) is 2.44. The van der Waals surface area contributed by atoms with E-state index in [-0.39, 0.29) is 11.8 Å². The molecule has 1 aromatic heterocycles. The second kappa shape index (κ2) is 7.00. The summed E-state index contributed by atoms with van der Waals surface area (Å²) >= 11 is 0. The van der Waals surface area contributed by atoms with E-state index in [1.54, 1.807) is 49.3 Å². The SMILES string of the molecule is CN(C)C(=O)c1cccc(NC(=O)c2cncn2-c2ccccc2)c1. The van der Waals surface area contributed by atoms with E-state index in [4.69, 9.17) is 0 Å². The standard InChI is InChI=1S/C19H18N4O2/c1-22(2)19(25)14-7-6-8-15(11-14)21-18(24)17-12-20-13-23(17)16-9-4-3-5-10-16/h3-13H,1-2H3,(H,21,24). The largest absolute Gasteiger partial charge is 0.345 e. The molecular formula is C19H18N4O2. The van der Waals surface area contributed by atoms with E-state index in [2.05, 4.69) is 10.3 Å². The zero-order valence-electron chi connectivity index (χ0n) is 14.0. The molecule has 2 amide bonds. The van der Waals surface area contributed by atoms with E-state index in [1.807, 2.05) is 30.3 Å². The van der Waals surface area contributed by atoms with Gasteiger partial charge in [-0.15, -0.1) is 0 Å². The molecule has 25 heavy (non-hydrogen) atoms. The molecule has 0 fully saturated rings.